The number of aromatic nitrogens is 5. The van der Waals surface area contributed by atoms with Crippen LogP contribution in [-0.4, -0.2) is 58.8 Å². The lowest BCUT2D eigenvalue weighted by Gasteiger charge is -2.39. The number of hydrogen-bond acceptors (Lipinski definition) is 11. The number of nitrogens with two attached hydrogens (primary N) is 1. The molecule has 4 heterocycles. The lowest BCUT2D eigenvalue weighted by Crippen LogP contribution is -2.45. The first-order valence-corrected chi connectivity index (χ1v) is 20.3. The third-order valence-corrected chi connectivity index (χ3v) is 14.7. The van der Waals surface area contributed by atoms with E-state index in [-0.39, 0.29) is 24.4 Å². The Kier molecular flexibility index (Phi) is 9.95. The number of anilines is 1. The molecule has 266 valence electrons. The topological polar surface area (TPSA) is 152 Å². The Labute approximate surface area is 299 Å². The van der Waals surface area contributed by atoms with Crippen molar-refractivity contribution in [3.8, 4) is 28.4 Å². The zero-order valence-electron chi connectivity index (χ0n) is 30.1. The van der Waals surface area contributed by atoms with Crippen molar-refractivity contribution < 1.29 is 23.2 Å². The van der Waals surface area contributed by atoms with Gasteiger partial charge in [-0.15, -0.1) is 0 Å². The highest BCUT2D eigenvalue weighted by molar-refractivity contribution is 6.74. The second kappa shape index (κ2) is 13.9. The number of fused-ring (bicyclic) bond motifs is 1. The van der Waals surface area contributed by atoms with Gasteiger partial charge in [0.15, 0.2) is 14.1 Å². The summed E-state index contributed by atoms with van der Waals surface area (Å²) in [6, 6.07) is 5.45. The van der Waals surface area contributed by atoms with E-state index in [1.54, 1.807) is 6.07 Å². The molecular weight excluding hydrogens is 674 g/mol. The fourth-order valence-corrected chi connectivity index (χ4v) is 7.44. The van der Waals surface area contributed by atoms with Crippen LogP contribution in [0.15, 0.2) is 28.9 Å². The highest BCUT2D eigenvalue weighted by Gasteiger charge is 2.39. The SMILES string of the molecule is Cc1noc(C)c1-c1nc(-c2cc(OCC(CCOC(N)=O)O[Si](C)(C)C(C)(C)C)ccc2Cl)nc(N2Cc3cnc(C4CC4)nc3C2)c1C. The first kappa shape index (κ1) is 35.7. The number of rotatable bonds is 12. The molecule has 2 N–H and O–H groups in total. The van der Waals surface area contributed by atoms with Crippen molar-refractivity contribution in [2.24, 2.45) is 5.73 Å². The number of halogens is 1. The van der Waals surface area contributed by atoms with Gasteiger partial charge in [-0.2, -0.15) is 0 Å². The third kappa shape index (κ3) is 7.64. The van der Waals surface area contributed by atoms with E-state index in [2.05, 4.69) is 48.9 Å². The average Bonchev–Trinajstić information content (AvgIpc) is 3.73. The molecule has 0 saturated heterocycles. The normalized spacial score (nSPS) is 15.3. The number of hydrogen-bond donors (Lipinski definition) is 1. The van der Waals surface area contributed by atoms with Crippen molar-refractivity contribution in [2.45, 2.75) is 104 Å². The van der Waals surface area contributed by atoms with Crippen molar-refractivity contribution in [3.05, 3.63) is 63.5 Å². The van der Waals surface area contributed by atoms with Gasteiger partial charge in [0.2, 0.25) is 0 Å². The molecule has 1 saturated carbocycles. The number of carbonyl (C=O) groups excluding carboxylic acids is 1. The minimum absolute atomic E-state index is 0.0224. The van der Waals surface area contributed by atoms with Crippen LogP contribution in [0.5, 0.6) is 5.75 Å². The summed E-state index contributed by atoms with van der Waals surface area (Å²) >= 11 is 6.87. The zero-order valence-corrected chi connectivity index (χ0v) is 31.8. The molecule has 50 heavy (non-hydrogen) atoms. The molecule has 1 amide bonds. The van der Waals surface area contributed by atoms with Crippen LogP contribution in [0.4, 0.5) is 10.6 Å². The molecule has 12 nitrogen and oxygen atoms in total. The van der Waals surface area contributed by atoms with E-state index in [0.717, 1.165) is 58.3 Å². The summed E-state index contributed by atoms with van der Waals surface area (Å²) in [6.07, 6.45) is 3.54. The Morgan fingerprint density at radius 2 is 1.90 bits per heavy atom. The van der Waals surface area contributed by atoms with Crippen molar-refractivity contribution in [1.82, 2.24) is 25.1 Å². The number of amides is 1. The summed E-state index contributed by atoms with van der Waals surface area (Å²) in [7, 11) is -2.17. The maximum atomic E-state index is 11.3. The quantitative estimate of drug-likeness (QED) is 0.143. The minimum Gasteiger partial charge on any atom is -0.491 e. The predicted molar refractivity (Wildman–Crippen MR) is 194 cm³/mol. The molecule has 0 radical (unpaired) electrons. The summed E-state index contributed by atoms with van der Waals surface area (Å²) in [5.74, 6) is 3.87. The molecule has 4 aromatic rings. The molecule has 1 atom stereocenters. The molecule has 1 aliphatic heterocycles. The van der Waals surface area contributed by atoms with E-state index in [1.807, 2.05) is 39.1 Å². The Morgan fingerprint density at radius 1 is 1.14 bits per heavy atom. The van der Waals surface area contributed by atoms with Crippen molar-refractivity contribution in [1.29, 1.82) is 0 Å². The van der Waals surface area contributed by atoms with E-state index in [0.29, 0.717) is 53.3 Å². The molecule has 1 fully saturated rings. The number of primary amides is 1. The maximum Gasteiger partial charge on any atom is 0.404 e. The first-order valence-electron chi connectivity index (χ1n) is 17.1. The third-order valence-electron chi connectivity index (χ3n) is 9.87. The van der Waals surface area contributed by atoms with Crippen LogP contribution in [-0.2, 0) is 22.3 Å². The first-order chi connectivity index (χ1) is 23.6. The van der Waals surface area contributed by atoms with Crippen LogP contribution in [0.25, 0.3) is 22.6 Å². The fraction of sp³-hybridized carbons (Fsp3) is 0.500. The van der Waals surface area contributed by atoms with Gasteiger partial charge < -0.3 is 29.1 Å². The van der Waals surface area contributed by atoms with Gasteiger partial charge >= 0.3 is 6.09 Å². The van der Waals surface area contributed by atoms with E-state index in [1.165, 1.54) is 0 Å². The van der Waals surface area contributed by atoms with Crippen molar-refractivity contribution >= 4 is 31.8 Å². The summed E-state index contributed by atoms with van der Waals surface area (Å²) in [5, 5.41) is 4.67. The Hall–Kier alpha value is -4.07. The van der Waals surface area contributed by atoms with Gasteiger partial charge in [0.25, 0.3) is 0 Å². The molecule has 0 bridgehead atoms. The molecule has 1 aromatic carbocycles. The highest BCUT2D eigenvalue weighted by atomic mass is 35.5. The van der Waals surface area contributed by atoms with Crippen molar-refractivity contribution in [2.75, 3.05) is 18.1 Å². The second-order valence-electron chi connectivity index (χ2n) is 14.8. The smallest absolute Gasteiger partial charge is 0.404 e. The van der Waals surface area contributed by atoms with E-state index >= 15 is 0 Å². The largest absolute Gasteiger partial charge is 0.491 e. The molecule has 1 aliphatic carbocycles. The number of benzene rings is 1. The second-order valence-corrected chi connectivity index (χ2v) is 19.9. The Balaban J connectivity index is 1.33. The van der Waals surface area contributed by atoms with Crippen LogP contribution in [0.2, 0.25) is 23.2 Å². The lowest BCUT2D eigenvalue weighted by atomic mass is 10.0. The van der Waals surface area contributed by atoms with E-state index < -0.39 is 14.4 Å². The average molecular weight is 720 g/mol. The van der Waals surface area contributed by atoms with Gasteiger partial charge in [-0.05, 0) is 69.9 Å². The van der Waals surface area contributed by atoms with Gasteiger partial charge in [0, 0.05) is 41.8 Å². The van der Waals surface area contributed by atoms with E-state index in [4.69, 9.17) is 50.7 Å². The lowest BCUT2D eigenvalue weighted by molar-refractivity contribution is 0.0809. The standard InChI is InChI=1S/C36H46ClN7O5Si/c1-20-31(30-21(2)43-48-22(30)3)41-33(42-34(20)44-17-24-16-39-32(23-9-10-23)40-29(24)18-44)27-15-25(11-12-28(27)37)47-19-26(13-14-46-35(38)45)49-50(7,8)36(4,5)6/h11-12,15-16,23,26H,9-10,13-14,17-19H2,1-8H3,(H2,38,45). The molecule has 6 rings (SSSR count). The van der Waals surface area contributed by atoms with Crippen LogP contribution < -0.4 is 15.4 Å². The highest BCUT2D eigenvalue weighted by Crippen LogP contribution is 2.41. The number of nitrogens with zero attached hydrogens (tertiary/aromatic N) is 6. The van der Waals surface area contributed by atoms with Crippen LogP contribution >= 0.6 is 11.6 Å². The number of ether oxygens (including phenoxy) is 2. The molecule has 2 aliphatic rings. The molecule has 14 heteroatoms. The summed E-state index contributed by atoms with van der Waals surface area (Å²) in [6.45, 7) is 18.3. The monoisotopic (exact) mass is 719 g/mol. The van der Waals surface area contributed by atoms with Gasteiger partial charge in [-0.1, -0.05) is 37.5 Å². The molecular formula is C36H46ClN7O5Si. The van der Waals surface area contributed by atoms with Crippen LogP contribution in [0, 0.1) is 20.8 Å². The van der Waals surface area contributed by atoms with Gasteiger partial charge in [-0.25, -0.2) is 24.7 Å². The van der Waals surface area contributed by atoms with Crippen LogP contribution in [0.1, 0.15) is 80.1 Å². The molecule has 1 unspecified atom stereocenters. The summed E-state index contributed by atoms with van der Waals surface area (Å²) < 4.78 is 23.6. The predicted octanol–water partition coefficient (Wildman–Crippen LogP) is 7.82. The van der Waals surface area contributed by atoms with Gasteiger partial charge in [0.05, 0.1) is 46.9 Å². The maximum absolute atomic E-state index is 11.3. The van der Waals surface area contributed by atoms with Crippen molar-refractivity contribution in [3.63, 3.8) is 0 Å². The van der Waals surface area contributed by atoms with Gasteiger partial charge in [0.1, 0.15) is 29.8 Å². The molecule has 0 spiro atoms. The minimum atomic E-state index is -2.17. The fourth-order valence-electron chi connectivity index (χ4n) is 5.87. The summed E-state index contributed by atoms with van der Waals surface area (Å²) in [5.41, 5.74) is 11.2. The zero-order chi connectivity index (χ0) is 36.0. The Morgan fingerprint density at radius 3 is 2.56 bits per heavy atom. The van der Waals surface area contributed by atoms with E-state index in [9.17, 15) is 4.79 Å². The van der Waals surface area contributed by atoms with Gasteiger partial charge in [-0.3, -0.25) is 0 Å². The summed E-state index contributed by atoms with van der Waals surface area (Å²) in [4.78, 5) is 33.3. The Bertz CT molecular complexity index is 1890. The molecule has 3 aromatic heterocycles. The number of carbonyl (C=O) groups is 1. The number of aryl methyl sites for hydroxylation is 2. The van der Waals surface area contributed by atoms with Crippen LogP contribution in [0.3, 0.4) is 0 Å².